The predicted molar refractivity (Wildman–Crippen MR) is 77.2 cm³/mol. The molecule has 1 aromatic carbocycles. The van der Waals surface area contributed by atoms with E-state index in [4.69, 9.17) is 5.11 Å². The Morgan fingerprint density at radius 3 is 2.35 bits per heavy atom. The Morgan fingerprint density at radius 1 is 1.25 bits per heavy atom. The molecule has 0 saturated carbocycles. The van der Waals surface area contributed by atoms with Crippen LogP contribution in [0.3, 0.4) is 0 Å². The molecule has 0 aliphatic heterocycles. The number of likely N-dealkylation sites (N-methyl/N-ethyl adjacent to an activating group) is 1. The van der Waals surface area contributed by atoms with Crippen molar-refractivity contribution in [3.8, 4) is 0 Å². The third-order valence-corrected chi connectivity index (χ3v) is 3.29. The van der Waals surface area contributed by atoms with E-state index in [2.05, 4.69) is 5.32 Å². The molecule has 0 aromatic heterocycles. The van der Waals surface area contributed by atoms with Crippen LogP contribution in [0.15, 0.2) is 30.3 Å². The maximum atomic E-state index is 12.0. The van der Waals surface area contributed by atoms with Gasteiger partial charge in [-0.05, 0) is 26.0 Å². The highest BCUT2D eigenvalue weighted by atomic mass is 16.4. The summed E-state index contributed by atoms with van der Waals surface area (Å²) < 4.78 is 0. The number of rotatable bonds is 7. The van der Waals surface area contributed by atoms with Crippen molar-refractivity contribution in [1.29, 1.82) is 0 Å². The molecule has 1 amide bonds. The number of amides is 1. The molecular formula is C15H22N2O3. The lowest BCUT2D eigenvalue weighted by molar-refractivity contribution is -0.142. The van der Waals surface area contributed by atoms with Gasteiger partial charge in [0.15, 0.2) is 0 Å². The van der Waals surface area contributed by atoms with Crippen molar-refractivity contribution in [2.24, 2.45) is 0 Å². The molecule has 110 valence electrons. The molecule has 0 heterocycles. The first-order valence-electron chi connectivity index (χ1n) is 6.76. The summed E-state index contributed by atoms with van der Waals surface area (Å²) in [7, 11) is 0. The summed E-state index contributed by atoms with van der Waals surface area (Å²) in [6, 6.07) is 8.63. The second-order valence-electron chi connectivity index (χ2n) is 4.79. The van der Waals surface area contributed by atoms with E-state index in [9.17, 15) is 9.59 Å². The number of benzene rings is 1. The maximum Gasteiger partial charge on any atom is 0.325 e. The summed E-state index contributed by atoms with van der Waals surface area (Å²) in [5.74, 6) is -1.30. The minimum absolute atomic E-state index is 0.266. The summed E-state index contributed by atoms with van der Waals surface area (Å²) in [6.07, 6.45) is 0. The van der Waals surface area contributed by atoms with E-state index in [0.717, 1.165) is 5.56 Å². The SMILES string of the molecule is CCN(Cc1ccccc1)C(C)C(=O)NC(C)C(=O)O. The first kappa shape index (κ1) is 16.2. The number of aliphatic carboxylic acids is 1. The van der Waals surface area contributed by atoms with Gasteiger partial charge in [-0.3, -0.25) is 14.5 Å². The summed E-state index contributed by atoms with van der Waals surface area (Å²) in [4.78, 5) is 24.8. The lowest BCUT2D eigenvalue weighted by Crippen LogP contribution is -2.49. The van der Waals surface area contributed by atoms with Crippen LogP contribution in [0.5, 0.6) is 0 Å². The van der Waals surface area contributed by atoms with Crippen molar-refractivity contribution in [1.82, 2.24) is 10.2 Å². The lowest BCUT2D eigenvalue weighted by atomic mass is 10.1. The molecule has 0 spiro atoms. The van der Waals surface area contributed by atoms with Gasteiger partial charge in [0.25, 0.3) is 0 Å². The Kier molecular flexibility index (Phi) is 6.18. The van der Waals surface area contributed by atoms with Gasteiger partial charge in [-0.1, -0.05) is 37.3 Å². The van der Waals surface area contributed by atoms with Crippen LogP contribution in [0, 0.1) is 0 Å². The summed E-state index contributed by atoms with van der Waals surface area (Å²) in [5, 5.41) is 11.3. The second kappa shape index (κ2) is 7.65. The standard InChI is InChI=1S/C15H22N2O3/c1-4-17(10-13-8-6-5-7-9-13)12(3)14(18)16-11(2)15(19)20/h5-9,11-12H,4,10H2,1-3H3,(H,16,18)(H,19,20). The Labute approximate surface area is 119 Å². The van der Waals surface area contributed by atoms with Crippen LogP contribution in [-0.4, -0.2) is 40.5 Å². The Balaban J connectivity index is 2.64. The number of carbonyl (C=O) groups excluding carboxylic acids is 1. The lowest BCUT2D eigenvalue weighted by Gasteiger charge is -2.27. The molecule has 0 aliphatic rings. The molecule has 2 atom stereocenters. The van der Waals surface area contributed by atoms with Gasteiger partial charge in [0, 0.05) is 6.54 Å². The fraction of sp³-hybridized carbons (Fsp3) is 0.467. The molecule has 0 radical (unpaired) electrons. The molecule has 1 aromatic rings. The van der Waals surface area contributed by atoms with E-state index in [1.165, 1.54) is 6.92 Å². The van der Waals surface area contributed by atoms with Crippen molar-refractivity contribution in [3.05, 3.63) is 35.9 Å². The largest absolute Gasteiger partial charge is 0.480 e. The highest BCUT2D eigenvalue weighted by Gasteiger charge is 2.23. The summed E-state index contributed by atoms with van der Waals surface area (Å²) >= 11 is 0. The van der Waals surface area contributed by atoms with Crippen LogP contribution < -0.4 is 5.32 Å². The average molecular weight is 278 g/mol. The van der Waals surface area contributed by atoms with Gasteiger partial charge in [-0.25, -0.2) is 0 Å². The number of hydrogen-bond acceptors (Lipinski definition) is 3. The molecule has 2 N–H and O–H groups in total. The zero-order valence-corrected chi connectivity index (χ0v) is 12.2. The maximum absolute atomic E-state index is 12.0. The average Bonchev–Trinajstić information content (AvgIpc) is 2.44. The van der Waals surface area contributed by atoms with E-state index in [1.807, 2.05) is 42.2 Å². The number of carboxylic acid groups (broad SMARTS) is 1. The molecule has 0 aliphatic carbocycles. The van der Waals surface area contributed by atoms with Crippen LogP contribution in [0.1, 0.15) is 26.3 Å². The van der Waals surface area contributed by atoms with E-state index in [0.29, 0.717) is 13.1 Å². The molecule has 2 unspecified atom stereocenters. The minimum Gasteiger partial charge on any atom is -0.480 e. The molecule has 0 saturated heterocycles. The number of carboxylic acids is 1. The first-order valence-corrected chi connectivity index (χ1v) is 6.76. The molecule has 0 fully saturated rings. The fourth-order valence-electron chi connectivity index (χ4n) is 1.90. The van der Waals surface area contributed by atoms with Crippen LogP contribution in [0.25, 0.3) is 0 Å². The third-order valence-electron chi connectivity index (χ3n) is 3.29. The first-order chi connectivity index (χ1) is 9.45. The Bertz CT molecular complexity index is 448. The van der Waals surface area contributed by atoms with E-state index < -0.39 is 12.0 Å². The molecular weight excluding hydrogens is 256 g/mol. The number of hydrogen-bond donors (Lipinski definition) is 2. The van der Waals surface area contributed by atoms with Gasteiger partial charge >= 0.3 is 5.97 Å². The Morgan fingerprint density at radius 2 is 1.85 bits per heavy atom. The zero-order chi connectivity index (χ0) is 15.1. The van der Waals surface area contributed by atoms with Crippen LogP contribution in [0.2, 0.25) is 0 Å². The van der Waals surface area contributed by atoms with Crippen molar-refractivity contribution >= 4 is 11.9 Å². The normalized spacial score (nSPS) is 13.8. The molecule has 0 bridgehead atoms. The van der Waals surface area contributed by atoms with Gasteiger partial charge in [-0.15, -0.1) is 0 Å². The topological polar surface area (TPSA) is 69.6 Å². The monoisotopic (exact) mass is 278 g/mol. The minimum atomic E-state index is -1.03. The zero-order valence-electron chi connectivity index (χ0n) is 12.2. The van der Waals surface area contributed by atoms with E-state index in [-0.39, 0.29) is 11.9 Å². The van der Waals surface area contributed by atoms with Gasteiger partial charge in [-0.2, -0.15) is 0 Å². The van der Waals surface area contributed by atoms with Gasteiger partial charge in [0.2, 0.25) is 5.91 Å². The van der Waals surface area contributed by atoms with Gasteiger partial charge in [0.1, 0.15) is 6.04 Å². The van der Waals surface area contributed by atoms with Crippen molar-refractivity contribution in [3.63, 3.8) is 0 Å². The van der Waals surface area contributed by atoms with Crippen molar-refractivity contribution in [2.75, 3.05) is 6.54 Å². The predicted octanol–water partition coefficient (Wildman–Crippen LogP) is 1.49. The third kappa shape index (κ3) is 4.66. The Hall–Kier alpha value is -1.88. The van der Waals surface area contributed by atoms with Gasteiger partial charge < -0.3 is 10.4 Å². The second-order valence-corrected chi connectivity index (χ2v) is 4.79. The number of nitrogens with one attached hydrogen (secondary N) is 1. The van der Waals surface area contributed by atoms with Crippen molar-refractivity contribution < 1.29 is 14.7 Å². The summed E-state index contributed by atoms with van der Waals surface area (Å²) in [5.41, 5.74) is 1.13. The number of nitrogens with zero attached hydrogens (tertiary/aromatic N) is 1. The molecule has 20 heavy (non-hydrogen) atoms. The van der Waals surface area contributed by atoms with Crippen LogP contribution in [0.4, 0.5) is 0 Å². The summed E-state index contributed by atoms with van der Waals surface area (Å²) in [6.45, 7) is 6.60. The molecule has 5 heteroatoms. The highest BCUT2D eigenvalue weighted by molar-refractivity contribution is 5.86. The smallest absolute Gasteiger partial charge is 0.325 e. The highest BCUT2D eigenvalue weighted by Crippen LogP contribution is 2.08. The molecule has 1 rings (SSSR count). The van der Waals surface area contributed by atoms with Crippen LogP contribution >= 0.6 is 0 Å². The van der Waals surface area contributed by atoms with E-state index >= 15 is 0 Å². The van der Waals surface area contributed by atoms with Crippen LogP contribution in [-0.2, 0) is 16.1 Å². The van der Waals surface area contributed by atoms with Gasteiger partial charge in [0.05, 0.1) is 6.04 Å². The fourth-order valence-corrected chi connectivity index (χ4v) is 1.90. The van der Waals surface area contributed by atoms with Crippen molar-refractivity contribution in [2.45, 2.75) is 39.4 Å². The van der Waals surface area contributed by atoms with E-state index in [1.54, 1.807) is 6.92 Å². The quantitative estimate of drug-likeness (QED) is 0.793. The molecule has 5 nitrogen and oxygen atoms in total. The number of carbonyl (C=O) groups is 2.